The maximum atomic E-state index is 13.0. The molecule has 0 bridgehead atoms. The summed E-state index contributed by atoms with van der Waals surface area (Å²) in [6.07, 6.45) is 4.87. The molecule has 5 rings (SSSR count). The van der Waals surface area contributed by atoms with Crippen molar-refractivity contribution < 1.29 is 9.53 Å². The molecule has 0 radical (unpaired) electrons. The van der Waals surface area contributed by atoms with E-state index in [4.69, 9.17) is 9.72 Å². The van der Waals surface area contributed by atoms with Crippen molar-refractivity contribution in [3.8, 4) is 5.75 Å². The minimum atomic E-state index is 0.0760. The molecule has 3 aliphatic heterocycles. The van der Waals surface area contributed by atoms with E-state index in [9.17, 15) is 4.79 Å². The van der Waals surface area contributed by atoms with E-state index < -0.39 is 0 Å². The minimum Gasteiger partial charge on any atom is -0.490 e. The number of carbonyl (C=O) groups excluding carboxylic acids is 1. The van der Waals surface area contributed by atoms with E-state index in [2.05, 4.69) is 17.2 Å². The van der Waals surface area contributed by atoms with Crippen LogP contribution in [-0.4, -0.2) is 46.5 Å². The maximum absolute atomic E-state index is 13.0. The zero-order chi connectivity index (χ0) is 18.4. The van der Waals surface area contributed by atoms with E-state index in [1.807, 2.05) is 29.3 Å². The van der Waals surface area contributed by atoms with Crippen LogP contribution in [0.1, 0.15) is 52.3 Å². The lowest BCUT2D eigenvalue weighted by Gasteiger charge is -2.28. The molecule has 2 atom stereocenters. The lowest BCUT2D eigenvalue weighted by molar-refractivity contribution is 0.0733. The largest absolute Gasteiger partial charge is 0.490 e. The van der Waals surface area contributed by atoms with Crippen LogP contribution in [0.4, 0.5) is 0 Å². The van der Waals surface area contributed by atoms with Crippen molar-refractivity contribution in [2.45, 2.75) is 44.8 Å². The number of amides is 1. The molecular formula is C21H24N4O2. The first kappa shape index (κ1) is 16.7. The molecule has 0 saturated carbocycles. The summed E-state index contributed by atoms with van der Waals surface area (Å²) in [6, 6.07) is 5.79. The standard InChI is InChI=1S/C21H24N4O2/c1-13-8-16-9-14(2-3-19(16)27-13)21(26)25-7-5-18-17(12-25)11-23-20(24-18)15-4-6-22-10-15/h2-3,9,11,13,15,22H,4-8,10,12H2,1H3/t13-,15+/m1/s1. The number of hydrogen-bond donors (Lipinski definition) is 1. The lowest BCUT2D eigenvalue weighted by Crippen LogP contribution is -2.36. The molecule has 6 heteroatoms. The molecule has 0 unspecified atom stereocenters. The Morgan fingerprint density at radius 3 is 3.11 bits per heavy atom. The Labute approximate surface area is 159 Å². The first-order valence-corrected chi connectivity index (χ1v) is 9.81. The molecule has 6 nitrogen and oxygen atoms in total. The molecule has 1 N–H and O–H groups in total. The number of carbonyl (C=O) groups is 1. The number of ether oxygens (including phenoxy) is 1. The van der Waals surface area contributed by atoms with Crippen LogP contribution in [-0.2, 0) is 19.4 Å². The van der Waals surface area contributed by atoms with Gasteiger partial charge in [0, 0.05) is 55.7 Å². The highest BCUT2D eigenvalue weighted by Gasteiger charge is 2.27. The average Bonchev–Trinajstić information content (AvgIpc) is 3.34. The number of nitrogens with one attached hydrogen (secondary N) is 1. The summed E-state index contributed by atoms with van der Waals surface area (Å²) in [5, 5.41) is 3.37. The van der Waals surface area contributed by atoms with Gasteiger partial charge in [0.15, 0.2) is 0 Å². The van der Waals surface area contributed by atoms with E-state index in [1.54, 1.807) is 0 Å². The summed E-state index contributed by atoms with van der Waals surface area (Å²) in [4.78, 5) is 24.3. The number of hydrogen-bond acceptors (Lipinski definition) is 5. The molecule has 1 fully saturated rings. The van der Waals surface area contributed by atoms with Gasteiger partial charge < -0.3 is 15.0 Å². The van der Waals surface area contributed by atoms with Gasteiger partial charge in [0.25, 0.3) is 5.91 Å². The van der Waals surface area contributed by atoms with Crippen molar-refractivity contribution in [1.82, 2.24) is 20.2 Å². The Hall–Kier alpha value is -2.47. The molecule has 1 amide bonds. The quantitative estimate of drug-likeness (QED) is 0.884. The highest BCUT2D eigenvalue weighted by molar-refractivity contribution is 5.94. The molecule has 0 aliphatic carbocycles. The van der Waals surface area contributed by atoms with Gasteiger partial charge in [-0.1, -0.05) is 0 Å². The van der Waals surface area contributed by atoms with Gasteiger partial charge in [0.1, 0.15) is 17.7 Å². The SMILES string of the molecule is C[C@@H]1Cc2cc(C(=O)N3CCc4nc([C@H]5CCNC5)ncc4C3)ccc2O1. The van der Waals surface area contributed by atoms with Crippen LogP contribution in [0.5, 0.6) is 5.75 Å². The van der Waals surface area contributed by atoms with E-state index in [1.165, 1.54) is 0 Å². The number of benzene rings is 1. The molecule has 1 aromatic carbocycles. The zero-order valence-electron chi connectivity index (χ0n) is 15.6. The van der Waals surface area contributed by atoms with Gasteiger partial charge in [-0.2, -0.15) is 0 Å². The number of rotatable bonds is 2. The van der Waals surface area contributed by atoms with Crippen molar-refractivity contribution in [1.29, 1.82) is 0 Å². The Morgan fingerprint density at radius 2 is 2.26 bits per heavy atom. The molecular weight excluding hydrogens is 340 g/mol. The first-order valence-electron chi connectivity index (χ1n) is 9.81. The van der Waals surface area contributed by atoms with Gasteiger partial charge in [-0.05, 0) is 43.7 Å². The van der Waals surface area contributed by atoms with Gasteiger partial charge in [-0.3, -0.25) is 4.79 Å². The summed E-state index contributed by atoms with van der Waals surface area (Å²) in [6.45, 7) is 5.34. The number of nitrogens with zero attached hydrogens (tertiary/aromatic N) is 3. The Bertz CT molecular complexity index is 892. The maximum Gasteiger partial charge on any atom is 0.254 e. The second-order valence-corrected chi connectivity index (χ2v) is 7.82. The molecule has 4 heterocycles. The molecule has 1 saturated heterocycles. The van der Waals surface area contributed by atoms with Gasteiger partial charge in [-0.25, -0.2) is 9.97 Å². The molecule has 0 spiro atoms. The Balaban J connectivity index is 1.33. The Kier molecular flexibility index (Phi) is 4.08. The Morgan fingerprint density at radius 1 is 1.33 bits per heavy atom. The van der Waals surface area contributed by atoms with E-state index in [-0.39, 0.29) is 12.0 Å². The van der Waals surface area contributed by atoms with Crippen LogP contribution in [0, 0.1) is 0 Å². The third-order valence-corrected chi connectivity index (χ3v) is 5.81. The zero-order valence-corrected chi connectivity index (χ0v) is 15.6. The predicted octanol–water partition coefficient (Wildman–Crippen LogP) is 2.08. The van der Waals surface area contributed by atoms with Crippen LogP contribution >= 0.6 is 0 Å². The summed E-state index contributed by atoms with van der Waals surface area (Å²) in [5.74, 6) is 2.36. The van der Waals surface area contributed by atoms with E-state index >= 15 is 0 Å². The highest BCUT2D eigenvalue weighted by atomic mass is 16.5. The predicted molar refractivity (Wildman–Crippen MR) is 101 cm³/mol. The van der Waals surface area contributed by atoms with E-state index in [0.717, 1.165) is 66.3 Å². The van der Waals surface area contributed by atoms with Crippen LogP contribution in [0.2, 0.25) is 0 Å². The fourth-order valence-corrected chi connectivity index (χ4v) is 4.31. The third-order valence-electron chi connectivity index (χ3n) is 5.81. The van der Waals surface area contributed by atoms with Gasteiger partial charge in [0.2, 0.25) is 0 Å². The average molecular weight is 364 g/mol. The summed E-state index contributed by atoms with van der Waals surface area (Å²) >= 11 is 0. The highest BCUT2D eigenvalue weighted by Crippen LogP contribution is 2.30. The topological polar surface area (TPSA) is 67.4 Å². The van der Waals surface area contributed by atoms with E-state index in [0.29, 0.717) is 19.0 Å². The summed E-state index contributed by atoms with van der Waals surface area (Å²) in [7, 11) is 0. The fourth-order valence-electron chi connectivity index (χ4n) is 4.31. The summed E-state index contributed by atoms with van der Waals surface area (Å²) in [5.41, 5.74) is 4.04. The fraction of sp³-hybridized carbons (Fsp3) is 0.476. The second-order valence-electron chi connectivity index (χ2n) is 7.82. The number of aromatic nitrogens is 2. The second kappa shape index (κ2) is 6.60. The minimum absolute atomic E-state index is 0.0760. The van der Waals surface area contributed by atoms with Gasteiger partial charge >= 0.3 is 0 Å². The van der Waals surface area contributed by atoms with Crippen LogP contribution < -0.4 is 10.1 Å². The monoisotopic (exact) mass is 364 g/mol. The van der Waals surface area contributed by atoms with Gasteiger partial charge in [-0.15, -0.1) is 0 Å². The lowest BCUT2D eigenvalue weighted by atomic mass is 10.0. The van der Waals surface area contributed by atoms with Crippen molar-refractivity contribution in [2.24, 2.45) is 0 Å². The summed E-state index contributed by atoms with van der Waals surface area (Å²) < 4.78 is 5.74. The van der Waals surface area contributed by atoms with Crippen LogP contribution in [0.25, 0.3) is 0 Å². The molecule has 3 aliphatic rings. The van der Waals surface area contributed by atoms with Crippen molar-refractivity contribution in [3.63, 3.8) is 0 Å². The van der Waals surface area contributed by atoms with Crippen molar-refractivity contribution >= 4 is 5.91 Å². The number of fused-ring (bicyclic) bond motifs is 2. The molecule has 1 aromatic heterocycles. The normalized spacial score (nSPS) is 23.7. The van der Waals surface area contributed by atoms with Crippen molar-refractivity contribution in [3.05, 3.63) is 52.6 Å². The van der Waals surface area contributed by atoms with Crippen LogP contribution in [0.3, 0.4) is 0 Å². The third kappa shape index (κ3) is 3.08. The molecule has 2 aromatic rings. The smallest absolute Gasteiger partial charge is 0.254 e. The molecule has 27 heavy (non-hydrogen) atoms. The van der Waals surface area contributed by atoms with Crippen molar-refractivity contribution in [2.75, 3.05) is 19.6 Å². The first-order chi connectivity index (χ1) is 13.2. The molecule has 140 valence electrons. The van der Waals surface area contributed by atoms with Crippen LogP contribution in [0.15, 0.2) is 24.4 Å². The van der Waals surface area contributed by atoms with Gasteiger partial charge in [0.05, 0.1) is 5.69 Å².